The normalized spacial score (nSPS) is 31.9. The molecule has 4 aliphatic rings. The molecule has 0 aromatic heterocycles. The summed E-state index contributed by atoms with van der Waals surface area (Å²) in [4.78, 5) is 13.7. The maximum Gasteiger partial charge on any atom is 0.303 e. The van der Waals surface area contributed by atoms with Crippen LogP contribution < -0.4 is 0 Å². The van der Waals surface area contributed by atoms with Crippen molar-refractivity contribution in [3.05, 3.63) is 35.4 Å². The summed E-state index contributed by atoms with van der Waals surface area (Å²) in [6, 6.07) is 8.97. The van der Waals surface area contributed by atoms with Crippen molar-refractivity contribution < 1.29 is 9.90 Å². The van der Waals surface area contributed by atoms with Crippen LogP contribution >= 0.6 is 0 Å². The van der Waals surface area contributed by atoms with E-state index in [2.05, 4.69) is 29.2 Å². The highest BCUT2D eigenvalue weighted by Gasteiger charge is 2.36. The zero-order chi connectivity index (χ0) is 15.1. The molecule has 1 aromatic rings. The first kappa shape index (κ1) is 14.3. The van der Waals surface area contributed by atoms with Gasteiger partial charge in [0.05, 0.1) is 6.42 Å². The molecule has 3 heteroatoms. The highest BCUT2D eigenvalue weighted by molar-refractivity contribution is 5.68. The molecule has 22 heavy (non-hydrogen) atoms. The second-order valence-corrected chi connectivity index (χ2v) is 7.45. The molecule has 1 aromatic carbocycles. The molecule has 2 atom stereocenters. The van der Waals surface area contributed by atoms with Crippen molar-refractivity contribution in [2.75, 3.05) is 19.6 Å². The van der Waals surface area contributed by atoms with E-state index < -0.39 is 5.97 Å². The van der Waals surface area contributed by atoms with E-state index in [-0.39, 0.29) is 12.3 Å². The Morgan fingerprint density at radius 3 is 2.32 bits per heavy atom. The number of carboxylic acids is 1. The fraction of sp³-hybridized carbons (Fsp3) is 0.632. The number of fused-ring (bicyclic) bond motifs is 3. The third-order valence-corrected chi connectivity index (χ3v) is 6.03. The van der Waals surface area contributed by atoms with Crippen LogP contribution in [0, 0.1) is 11.8 Å². The van der Waals surface area contributed by atoms with E-state index >= 15 is 0 Å². The first-order chi connectivity index (χ1) is 10.7. The van der Waals surface area contributed by atoms with Crippen molar-refractivity contribution in [3.63, 3.8) is 0 Å². The van der Waals surface area contributed by atoms with Crippen LogP contribution in [0.4, 0.5) is 0 Å². The molecule has 3 nitrogen and oxygen atoms in total. The van der Waals surface area contributed by atoms with Crippen LogP contribution in [0.15, 0.2) is 24.3 Å². The third kappa shape index (κ3) is 2.79. The van der Waals surface area contributed by atoms with Gasteiger partial charge in [-0.2, -0.15) is 0 Å². The number of nitrogens with zero attached hydrogens (tertiary/aromatic N) is 1. The lowest BCUT2D eigenvalue weighted by Gasteiger charge is -2.45. The summed E-state index contributed by atoms with van der Waals surface area (Å²) in [6.45, 7) is 3.77. The van der Waals surface area contributed by atoms with Crippen molar-refractivity contribution in [2.45, 2.75) is 43.9 Å². The fourth-order valence-corrected chi connectivity index (χ4v) is 4.58. The Balaban J connectivity index is 1.51. The summed E-state index contributed by atoms with van der Waals surface area (Å²) >= 11 is 0. The van der Waals surface area contributed by atoms with Crippen molar-refractivity contribution in [2.24, 2.45) is 11.8 Å². The number of carbonyl (C=O) groups is 1. The number of benzene rings is 1. The number of hydrogen-bond donors (Lipinski definition) is 1. The molecular formula is C19H25NO2. The number of rotatable bonds is 5. The van der Waals surface area contributed by atoms with E-state index in [4.69, 9.17) is 5.11 Å². The van der Waals surface area contributed by atoms with Gasteiger partial charge in [0.15, 0.2) is 0 Å². The Kier molecular flexibility index (Phi) is 3.69. The summed E-state index contributed by atoms with van der Waals surface area (Å²) < 4.78 is 0. The topological polar surface area (TPSA) is 40.5 Å². The average molecular weight is 299 g/mol. The van der Waals surface area contributed by atoms with E-state index in [1.165, 1.54) is 56.4 Å². The Hall–Kier alpha value is -1.35. The lowest BCUT2D eigenvalue weighted by molar-refractivity contribution is -0.137. The quantitative estimate of drug-likeness (QED) is 0.905. The van der Waals surface area contributed by atoms with Gasteiger partial charge in [0, 0.05) is 6.54 Å². The number of aliphatic carboxylic acids is 1. The van der Waals surface area contributed by atoms with Gasteiger partial charge in [-0.1, -0.05) is 24.3 Å². The van der Waals surface area contributed by atoms with Crippen LogP contribution in [-0.2, 0) is 4.79 Å². The minimum Gasteiger partial charge on any atom is -0.481 e. The second-order valence-electron chi connectivity index (χ2n) is 7.45. The average Bonchev–Trinajstić information content (AvgIpc) is 3.38. The smallest absolute Gasteiger partial charge is 0.303 e. The summed E-state index contributed by atoms with van der Waals surface area (Å²) in [5, 5.41) is 9.15. The molecule has 0 spiro atoms. The molecule has 3 heterocycles. The lowest BCUT2D eigenvalue weighted by Crippen LogP contribution is -2.46. The van der Waals surface area contributed by atoms with Gasteiger partial charge in [-0.05, 0) is 73.6 Å². The van der Waals surface area contributed by atoms with Crippen molar-refractivity contribution >= 4 is 5.97 Å². The second kappa shape index (κ2) is 5.69. The summed E-state index contributed by atoms with van der Waals surface area (Å²) in [5.41, 5.74) is 2.69. The van der Waals surface area contributed by atoms with Crippen LogP contribution in [-0.4, -0.2) is 35.6 Å². The standard InChI is InChI=1S/C19H25NO2/c21-19(22)11-17(13-1-2-13)14-3-5-15(6-4-14)18-12-20-9-7-16(18)8-10-20/h3-6,13,16-18H,1-2,7-12H2,(H,21,22). The first-order valence-electron chi connectivity index (χ1n) is 8.74. The Morgan fingerprint density at radius 1 is 1.14 bits per heavy atom. The highest BCUT2D eigenvalue weighted by atomic mass is 16.4. The summed E-state index contributed by atoms with van der Waals surface area (Å²) in [5.74, 6) is 1.69. The lowest BCUT2D eigenvalue weighted by atomic mass is 9.75. The SMILES string of the molecule is O=C(O)CC(c1ccc(C2CN3CCC2CC3)cc1)C1CC1. The summed E-state index contributed by atoms with van der Waals surface area (Å²) in [6.07, 6.45) is 5.36. The largest absolute Gasteiger partial charge is 0.481 e. The number of hydrogen-bond acceptors (Lipinski definition) is 2. The zero-order valence-corrected chi connectivity index (χ0v) is 13.1. The third-order valence-electron chi connectivity index (χ3n) is 6.03. The number of carboxylic acid groups (broad SMARTS) is 1. The van der Waals surface area contributed by atoms with Gasteiger partial charge in [-0.25, -0.2) is 0 Å². The fourth-order valence-electron chi connectivity index (χ4n) is 4.58. The molecule has 4 fully saturated rings. The Morgan fingerprint density at radius 2 is 1.82 bits per heavy atom. The van der Waals surface area contributed by atoms with Crippen LogP contribution in [0.25, 0.3) is 0 Å². The molecule has 118 valence electrons. The minimum absolute atomic E-state index is 0.220. The molecule has 2 unspecified atom stereocenters. The molecule has 3 aliphatic heterocycles. The summed E-state index contributed by atoms with van der Waals surface area (Å²) in [7, 11) is 0. The van der Waals surface area contributed by atoms with Crippen LogP contribution in [0.1, 0.15) is 55.1 Å². The molecule has 5 rings (SSSR count). The van der Waals surface area contributed by atoms with Gasteiger partial charge < -0.3 is 10.0 Å². The zero-order valence-electron chi connectivity index (χ0n) is 13.1. The molecule has 3 saturated heterocycles. The van der Waals surface area contributed by atoms with Gasteiger partial charge in [-0.3, -0.25) is 4.79 Å². The van der Waals surface area contributed by atoms with Gasteiger partial charge in [0.2, 0.25) is 0 Å². The van der Waals surface area contributed by atoms with E-state index in [0.717, 1.165) is 5.92 Å². The van der Waals surface area contributed by atoms with Crippen LogP contribution in [0.2, 0.25) is 0 Å². The molecule has 1 saturated carbocycles. The van der Waals surface area contributed by atoms with Crippen molar-refractivity contribution in [1.29, 1.82) is 0 Å². The predicted molar refractivity (Wildman–Crippen MR) is 86.1 cm³/mol. The van der Waals surface area contributed by atoms with E-state index in [1.807, 2.05) is 0 Å². The van der Waals surface area contributed by atoms with Gasteiger partial charge in [0.1, 0.15) is 0 Å². The number of piperidine rings is 3. The molecule has 2 bridgehead atoms. The molecule has 1 aliphatic carbocycles. The molecule has 1 N–H and O–H groups in total. The predicted octanol–water partition coefficient (Wildman–Crippen LogP) is 3.46. The van der Waals surface area contributed by atoms with Crippen molar-refractivity contribution in [3.8, 4) is 0 Å². The van der Waals surface area contributed by atoms with E-state index in [9.17, 15) is 4.79 Å². The van der Waals surface area contributed by atoms with Gasteiger partial charge >= 0.3 is 5.97 Å². The van der Waals surface area contributed by atoms with E-state index in [0.29, 0.717) is 11.8 Å². The first-order valence-corrected chi connectivity index (χ1v) is 8.74. The van der Waals surface area contributed by atoms with Crippen molar-refractivity contribution in [1.82, 2.24) is 4.90 Å². The van der Waals surface area contributed by atoms with Gasteiger partial charge in [0.25, 0.3) is 0 Å². The molecular weight excluding hydrogens is 274 g/mol. The molecule has 0 amide bonds. The minimum atomic E-state index is -0.668. The maximum atomic E-state index is 11.1. The highest BCUT2D eigenvalue weighted by Crippen LogP contribution is 2.45. The monoisotopic (exact) mass is 299 g/mol. The van der Waals surface area contributed by atoms with Crippen LogP contribution in [0.5, 0.6) is 0 Å². The molecule has 0 radical (unpaired) electrons. The van der Waals surface area contributed by atoms with E-state index in [1.54, 1.807) is 0 Å². The Bertz CT molecular complexity index is 541. The van der Waals surface area contributed by atoms with Gasteiger partial charge in [-0.15, -0.1) is 0 Å². The maximum absolute atomic E-state index is 11.1. The van der Waals surface area contributed by atoms with Crippen LogP contribution in [0.3, 0.4) is 0 Å². The Labute approximate surface area is 132 Å².